The van der Waals surface area contributed by atoms with Gasteiger partial charge in [0.25, 0.3) is 0 Å². The smallest absolute Gasteiger partial charge is 0.0118 e. The molecule has 98 valence electrons. The molecule has 3 fully saturated rings. The van der Waals surface area contributed by atoms with Crippen molar-refractivity contribution in [3.05, 3.63) is 0 Å². The third kappa shape index (κ3) is 2.86. The first-order valence-corrected chi connectivity index (χ1v) is 7.90. The molecule has 3 rings (SSSR count). The molecule has 0 aromatic carbocycles. The van der Waals surface area contributed by atoms with Crippen molar-refractivity contribution in [1.29, 1.82) is 0 Å². The van der Waals surface area contributed by atoms with E-state index in [4.69, 9.17) is 0 Å². The van der Waals surface area contributed by atoms with Crippen LogP contribution < -0.4 is 5.32 Å². The van der Waals surface area contributed by atoms with Crippen molar-refractivity contribution in [2.24, 2.45) is 23.2 Å². The van der Waals surface area contributed by atoms with Crippen molar-refractivity contribution < 1.29 is 0 Å². The minimum absolute atomic E-state index is 0.538. The third-order valence-corrected chi connectivity index (χ3v) is 5.56. The van der Waals surface area contributed by atoms with Crippen molar-refractivity contribution in [2.45, 2.75) is 71.3 Å². The molecule has 3 aliphatic carbocycles. The van der Waals surface area contributed by atoms with Crippen LogP contribution in [0.15, 0.2) is 0 Å². The molecule has 0 aromatic rings. The number of hydrogen-bond donors (Lipinski definition) is 1. The van der Waals surface area contributed by atoms with Crippen LogP contribution in [0.3, 0.4) is 0 Å². The molecule has 0 aromatic heterocycles. The summed E-state index contributed by atoms with van der Waals surface area (Å²) in [7, 11) is 0. The summed E-state index contributed by atoms with van der Waals surface area (Å²) >= 11 is 0. The maximum Gasteiger partial charge on any atom is 0.0118 e. The molecular weight excluding hydrogens is 206 g/mol. The number of nitrogens with one attached hydrogen (secondary N) is 1. The quantitative estimate of drug-likeness (QED) is 0.760. The van der Waals surface area contributed by atoms with Gasteiger partial charge in [-0.3, -0.25) is 0 Å². The lowest BCUT2D eigenvalue weighted by molar-refractivity contribution is 0.158. The second-order valence-corrected chi connectivity index (χ2v) is 7.53. The average molecular weight is 235 g/mol. The molecule has 17 heavy (non-hydrogen) atoms. The molecule has 0 heterocycles. The normalized spacial score (nSPS) is 33.0. The van der Waals surface area contributed by atoms with Gasteiger partial charge in [-0.05, 0) is 68.2 Å². The van der Waals surface area contributed by atoms with Gasteiger partial charge in [0.05, 0.1) is 0 Å². The SMILES string of the molecule is CC1(C)CCCCC1NCC(C1CC1)C1CC1. The molecule has 0 radical (unpaired) electrons. The summed E-state index contributed by atoms with van der Waals surface area (Å²) in [6.07, 6.45) is 11.8. The van der Waals surface area contributed by atoms with Gasteiger partial charge in [-0.15, -0.1) is 0 Å². The van der Waals surface area contributed by atoms with Gasteiger partial charge in [0, 0.05) is 6.04 Å². The van der Waals surface area contributed by atoms with E-state index in [1.54, 1.807) is 0 Å². The van der Waals surface area contributed by atoms with Crippen LogP contribution in [0.2, 0.25) is 0 Å². The Morgan fingerprint density at radius 3 is 2.18 bits per heavy atom. The fraction of sp³-hybridized carbons (Fsp3) is 1.00. The van der Waals surface area contributed by atoms with Crippen LogP contribution >= 0.6 is 0 Å². The van der Waals surface area contributed by atoms with Gasteiger partial charge in [-0.1, -0.05) is 26.7 Å². The lowest BCUT2D eigenvalue weighted by Crippen LogP contribution is -2.46. The summed E-state index contributed by atoms with van der Waals surface area (Å²) in [6.45, 7) is 6.25. The highest BCUT2D eigenvalue weighted by Crippen LogP contribution is 2.49. The molecule has 1 heteroatoms. The topological polar surface area (TPSA) is 12.0 Å². The summed E-state index contributed by atoms with van der Waals surface area (Å²) in [4.78, 5) is 0. The van der Waals surface area contributed by atoms with Gasteiger partial charge in [0.15, 0.2) is 0 Å². The minimum Gasteiger partial charge on any atom is -0.313 e. The summed E-state index contributed by atoms with van der Waals surface area (Å²) < 4.78 is 0. The van der Waals surface area contributed by atoms with Crippen molar-refractivity contribution in [2.75, 3.05) is 6.54 Å². The maximum atomic E-state index is 3.95. The molecule has 1 nitrogen and oxygen atoms in total. The highest BCUT2D eigenvalue weighted by atomic mass is 14.9. The third-order valence-electron chi connectivity index (χ3n) is 5.56. The zero-order valence-electron chi connectivity index (χ0n) is 11.7. The Hall–Kier alpha value is -0.0400. The molecule has 0 aliphatic heterocycles. The molecule has 0 spiro atoms. The van der Waals surface area contributed by atoms with Gasteiger partial charge in [-0.2, -0.15) is 0 Å². The van der Waals surface area contributed by atoms with E-state index in [0.717, 1.165) is 23.8 Å². The standard InChI is InChI=1S/C16H29N/c1-16(2)10-4-3-5-15(16)17-11-14(12-6-7-12)13-8-9-13/h12-15,17H,3-11H2,1-2H3. The molecule has 3 saturated carbocycles. The van der Waals surface area contributed by atoms with Crippen molar-refractivity contribution in [3.8, 4) is 0 Å². The lowest BCUT2D eigenvalue weighted by Gasteiger charge is -2.40. The van der Waals surface area contributed by atoms with Gasteiger partial charge in [0.1, 0.15) is 0 Å². The van der Waals surface area contributed by atoms with Crippen molar-refractivity contribution in [1.82, 2.24) is 5.32 Å². The predicted molar refractivity (Wildman–Crippen MR) is 73.0 cm³/mol. The molecule has 3 aliphatic rings. The largest absolute Gasteiger partial charge is 0.313 e. The highest BCUT2D eigenvalue weighted by Gasteiger charge is 2.42. The predicted octanol–water partition coefficient (Wildman–Crippen LogP) is 3.98. The summed E-state index contributed by atoms with van der Waals surface area (Å²) in [5.74, 6) is 3.23. The van der Waals surface area contributed by atoms with E-state index in [-0.39, 0.29) is 0 Å². The monoisotopic (exact) mass is 235 g/mol. The molecular formula is C16H29N. The Kier molecular flexibility index (Phi) is 3.23. The average Bonchev–Trinajstić information content (AvgIpc) is 3.14. The molecule has 1 unspecified atom stereocenters. The van der Waals surface area contributed by atoms with Crippen LogP contribution in [0, 0.1) is 23.2 Å². The van der Waals surface area contributed by atoms with Crippen molar-refractivity contribution >= 4 is 0 Å². The number of rotatable bonds is 5. The Bertz CT molecular complexity index is 251. The molecule has 1 atom stereocenters. The molecule has 0 saturated heterocycles. The van der Waals surface area contributed by atoms with Crippen LogP contribution in [-0.2, 0) is 0 Å². The van der Waals surface area contributed by atoms with Crippen molar-refractivity contribution in [3.63, 3.8) is 0 Å². The van der Waals surface area contributed by atoms with E-state index < -0.39 is 0 Å². The summed E-state index contributed by atoms with van der Waals surface area (Å²) in [6, 6.07) is 0.788. The van der Waals surface area contributed by atoms with Crippen LogP contribution in [-0.4, -0.2) is 12.6 Å². The highest BCUT2D eigenvalue weighted by molar-refractivity contribution is 4.95. The van der Waals surface area contributed by atoms with E-state index in [0.29, 0.717) is 5.41 Å². The van der Waals surface area contributed by atoms with Crippen LogP contribution in [0.1, 0.15) is 65.2 Å². The fourth-order valence-electron chi connectivity index (χ4n) is 3.92. The number of hydrogen-bond acceptors (Lipinski definition) is 1. The van der Waals surface area contributed by atoms with E-state index in [2.05, 4.69) is 19.2 Å². The fourth-order valence-corrected chi connectivity index (χ4v) is 3.92. The Morgan fingerprint density at radius 1 is 1.00 bits per heavy atom. The van der Waals surface area contributed by atoms with Crippen LogP contribution in [0.25, 0.3) is 0 Å². The lowest BCUT2D eigenvalue weighted by atomic mass is 9.73. The van der Waals surface area contributed by atoms with Gasteiger partial charge >= 0.3 is 0 Å². The van der Waals surface area contributed by atoms with Gasteiger partial charge in [0.2, 0.25) is 0 Å². The van der Waals surface area contributed by atoms with Crippen LogP contribution in [0.5, 0.6) is 0 Å². The second kappa shape index (κ2) is 4.57. The van der Waals surface area contributed by atoms with Crippen LogP contribution in [0.4, 0.5) is 0 Å². The maximum absolute atomic E-state index is 3.95. The molecule has 1 N–H and O–H groups in total. The molecule has 0 amide bonds. The summed E-state index contributed by atoms with van der Waals surface area (Å²) in [5.41, 5.74) is 0.538. The summed E-state index contributed by atoms with van der Waals surface area (Å²) in [5, 5.41) is 3.95. The first-order chi connectivity index (χ1) is 8.17. The van der Waals surface area contributed by atoms with E-state index in [9.17, 15) is 0 Å². The Morgan fingerprint density at radius 2 is 1.65 bits per heavy atom. The zero-order valence-corrected chi connectivity index (χ0v) is 11.7. The van der Waals surface area contributed by atoms with E-state index >= 15 is 0 Å². The Balaban J connectivity index is 1.51. The molecule has 0 bridgehead atoms. The first-order valence-electron chi connectivity index (χ1n) is 7.90. The zero-order chi connectivity index (χ0) is 11.9. The second-order valence-electron chi connectivity index (χ2n) is 7.53. The first kappa shape index (κ1) is 12.0. The van der Waals surface area contributed by atoms with Gasteiger partial charge in [-0.25, -0.2) is 0 Å². The van der Waals surface area contributed by atoms with Gasteiger partial charge < -0.3 is 5.32 Å². The van der Waals surface area contributed by atoms with E-state index in [1.165, 1.54) is 57.9 Å². The Labute approximate surface area is 107 Å². The van der Waals surface area contributed by atoms with E-state index in [1.807, 2.05) is 0 Å². The minimum atomic E-state index is 0.538.